The maximum Gasteiger partial charge on any atom is 0.248 e. The molecule has 0 saturated heterocycles. The summed E-state index contributed by atoms with van der Waals surface area (Å²) in [6.07, 6.45) is 6.48. The molecule has 102 valence electrons. The fourth-order valence-electron chi connectivity index (χ4n) is 1.77. The van der Waals surface area contributed by atoms with Crippen LogP contribution in [0.1, 0.15) is 11.1 Å². The number of aryl methyl sites for hydroxylation is 1. The Labute approximate surface area is 118 Å². The van der Waals surface area contributed by atoms with Gasteiger partial charge in [0.1, 0.15) is 5.75 Å². The predicted octanol–water partition coefficient (Wildman–Crippen LogP) is 3.05. The van der Waals surface area contributed by atoms with E-state index in [1.165, 1.54) is 6.08 Å². The maximum absolute atomic E-state index is 11.8. The number of nitrogens with one attached hydrogen (secondary N) is 1. The van der Waals surface area contributed by atoms with E-state index in [0.29, 0.717) is 5.69 Å². The van der Waals surface area contributed by atoms with Gasteiger partial charge in [0.2, 0.25) is 5.91 Å². The Morgan fingerprint density at radius 1 is 1.25 bits per heavy atom. The number of anilines is 1. The molecule has 0 fully saturated rings. The normalized spacial score (nSPS) is 10.5. The zero-order valence-corrected chi connectivity index (χ0v) is 11.5. The highest BCUT2D eigenvalue weighted by atomic mass is 16.5. The smallest absolute Gasteiger partial charge is 0.248 e. The summed E-state index contributed by atoms with van der Waals surface area (Å²) in [5.41, 5.74) is 2.70. The SMILES string of the molecule is COc1ccc(C)cc1/C=C/C(=O)Nc1ccncc1. The van der Waals surface area contributed by atoms with Gasteiger partial charge >= 0.3 is 0 Å². The third-order valence-electron chi connectivity index (χ3n) is 2.75. The highest BCUT2D eigenvalue weighted by Gasteiger charge is 2.01. The molecule has 0 aliphatic rings. The van der Waals surface area contributed by atoms with E-state index >= 15 is 0 Å². The first-order chi connectivity index (χ1) is 9.69. The third-order valence-corrected chi connectivity index (χ3v) is 2.75. The molecule has 0 bridgehead atoms. The largest absolute Gasteiger partial charge is 0.496 e. The summed E-state index contributed by atoms with van der Waals surface area (Å²) in [4.78, 5) is 15.7. The molecule has 1 N–H and O–H groups in total. The molecule has 2 rings (SSSR count). The Balaban J connectivity index is 2.09. The lowest BCUT2D eigenvalue weighted by molar-refractivity contribution is -0.111. The average Bonchev–Trinajstić information content (AvgIpc) is 2.46. The Kier molecular flexibility index (Phi) is 4.50. The van der Waals surface area contributed by atoms with Gasteiger partial charge in [-0.15, -0.1) is 0 Å². The summed E-state index contributed by atoms with van der Waals surface area (Å²) < 4.78 is 5.26. The summed E-state index contributed by atoms with van der Waals surface area (Å²) in [7, 11) is 1.61. The summed E-state index contributed by atoms with van der Waals surface area (Å²) in [6, 6.07) is 9.29. The summed E-state index contributed by atoms with van der Waals surface area (Å²) in [6.45, 7) is 1.99. The zero-order chi connectivity index (χ0) is 14.4. The van der Waals surface area contributed by atoms with Crippen LogP contribution in [0.2, 0.25) is 0 Å². The first kappa shape index (κ1) is 13.8. The van der Waals surface area contributed by atoms with Gasteiger partial charge in [-0.1, -0.05) is 11.6 Å². The van der Waals surface area contributed by atoms with Crippen molar-refractivity contribution < 1.29 is 9.53 Å². The number of carbonyl (C=O) groups is 1. The second-order valence-corrected chi connectivity index (χ2v) is 4.30. The topological polar surface area (TPSA) is 51.2 Å². The molecular weight excluding hydrogens is 252 g/mol. The van der Waals surface area contributed by atoms with Crippen molar-refractivity contribution in [2.24, 2.45) is 0 Å². The Morgan fingerprint density at radius 2 is 2.00 bits per heavy atom. The van der Waals surface area contributed by atoms with Crippen LogP contribution in [0, 0.1) is 6.92 Å². The minimum atomic E-state index is -0.195. The molecule has 0 aliphatic carbocycles. The van der Waals surface area contributed by atoms with Gasteiger partial charge in [0, 0.05) is 29.7 Å². The average molecular weight is 268 g/mol. The minimum absolute atomic E-state index is 0.195. The van der Waals surface area contributed by atoms with Crippen LogP contribution in [0.15, 0.2) is 48.8 Å². The van der Waals surface area contributed by atoms with E-state index in [1.807, 2.05) is 25.1 Å². The van der Waals surface area contributed by atoms with Crippen molar-refractivity contribution in [3.8, 4) is 5.75 Å². The highest BCUT2D eigenvalue weighted by Crippen LogP contribution is 2.21. The van der Waals surface area contributed by atoms with Gasteiger partial charge in [-0.2, -0.15) is 0 Å². The van der Waals surface area contributed by atoms with Crippen molar-refractivity contribution in [1.29, 1.82) is 0 Å². The number of hydrogen-bond acceptors (Lipinski definition) is 3. The molecule has 4 nitrogen and oxygen atoms in total. The van der Waals surface area contributed by atoms with Crippen LogP contribution in [-0.4, -0.2) is 18.0 Å². The van der Waals surface area contributed by atoms with Gasteiger partial charge in [0.15, 0.2) is 0 Å². The highest BCUT2D eigenvalue weighted by molar-refractivity contribution is 6.02. The second kappa shape index (κ2) is 6.52. The lowest BCUT2D eigenvalue weighted by Crippen LogP contribution is -2.07. The van der Waals surface area contributed by atoms with Gasteiger partial charge in [0.05, 0.1) is 7.11 Å². The number of carbonyl (C=O) groups excluding carboxylic acids is 1. The second-order valence-electron chi connectivity index (χ2n) is 4.30. The van der Waals surface area contributed by atoms with E-state index in [2.05, 4.69) is 10.3 Å². The number of benzene rings is 1. The van der Waals surface area contributed by atoms with Crippen molar-refractivity contribution >= 4 is 17.7 Å². The Bertz CT molecular complexity index is 622. The summed E-state index contributed by atoms with van der Waals surface area (Å²) in [5, 5.41) is 2.76. The zero-order valence-electron chi connectivity index (χ0n) is 11.5. The molecule has 1 aromatic heterocycles. The number of aromatic nitrogens is 1. The van der Waals surface area contributed by atoms with Crippen molar-refractivity contribution in [3.63, 3.8) is 0 Å². The first-order valence-electron chi connectivity index (χ1n) is 6.23. The molecule has 4 heteroatoms. The molecule has 1 amide bonds. The van der Waals surface area contributed by atoms with Gasteiger partial charge < -0.3 is 10.1 Å². The number of hydrogen-bond donors (Lipinski definition) is 1. The van der Waals surface area contributed by atoms with E-state index < -0.39 is 0 Å². The van der Waals surface area contributed by atoms with Crippen LogP contribution < -0.4 is 10.1 Å². The molecule has 0 radical (unpaired) electrons. The number of amides is 1. The third kappa shape index (κ3) is 3.68. The van der Waals surface area contributed by atoms with E-state index in [-0.39, 0.29) is 5.91 Å². The summed E-state index contributed by atoms with van der Waals surface area (Å²) in [5.74, 6) is 0.545. The van der Waals surface area contributed by atoms with E-state index in [1.54, 1.807) is 37.7 Å². The van der Waals surface area contributed by atoms with Crippen LogP contribution in [-0.2, 0) is 4.79 Å². The molecule has 20 heavy (non-hydrogen) atoms. The Hall–Kier alpha value is -2.62. The number of nitrogens with zero attached hydrogens (tertiary/aromatic N) is 1. The van der Waals surface area contributed by atoms with Crippen LogP contribution in [0.4, 0.5) is 5.69 Å². The van der Waals surface area contributed by atoms with Crippen LogP contribution >= 0.6 is 0 Å². The van der Waals surface area contributed by atoms with Crippen LogP contribution in [0.25, 0.3) is 6.08 Å². The van der Waals surface area contributed by atoms with Crippen molar-refractivity contribution in [2.75, 3.05) is 12.4 Å². The molecule has 2 aromatic rings. The number of ether oxygens (including phenoxy) is 1. The van der Waals surface area contributed by atoms with Gasteiger partial charge in [-0.3, -0.25) is 9.78 Å². The van der Waals surface area contributed by atoms with Crippen LogP contribution in [0.5, 0.6) is 5.75 Å². The summed E-state index contributed by atoms with van der Waals surface area (Å²) >= 11 is 0. The molecule has 0 aliphatic heterocycles. The van der Waals surface area contributed by atoms with Crippen molar-refractivity contribution in [1.82, 2.24) is 4.98 Å². The first-order valence-corrected chi connectivity index (χ1v) is 6.23. The monoisotopic (exact) mass is 268 g/mol. The van der Waals surface area contributed by atoms with E-state index in [4.69, 9.17) is 4.74 Å². The fourth-order valence-corrected chi connectivity index (χ4v) is 1.77. The minimum Gasteiger partial charge on any atom is -0.496 e. The number of pyridine rings is 1. The van der Waals surface area contributed by atoms with Crippen molar-refractivity contribution in [2.45, 2.75) is 6.92 Å². The van der Waals surface area contributed by atoms with Gasteiger partial charge in [-0.25, -0.2) is 0 Å². The van der Waals surface area contributed by atoms with Crippen LogP contribution in [0.3, 0.4) is 0 Å². The fraction of sp³-hybridized carbons (Fsp3) is 0.125. The van der Waals surface area contributed by atoms with Gasteiger partial charge in [-0.05, 0) is 37.3 Å². The predicted molar refractivity (Wildman–Crippen MR) is 79.6 cm³/mol. The Morgan fingerprint density at radius 3 is 2.70 bits per heavy atom. The van der Waals surface area contributed by atoms with E-state index in [0.717, 1.165) is 16.9 Å². The maximum atomic E-state index is 11.8. The molecule has 0 spiro atoms. The molecule has 0 saturated carbocycles. The number of methoxy groups -OCH3 is 1. The molecule has 0 atom stereocenters. The molecule has 1 heterocycles. The van der Waals surface area contributed by atoms with E-state index in [9.17, 15) is 4.79 Å². The lowest BCUT2D eigenvalue weighted by atomic mass is 10.1. The standard InChI is InChI=1S/C16H16N2O2/c1-12-3-5-15(20-2)13(11-12)4-6-16(19)18-14-7-9-17-10-8-14/h3-11H,1-2H3,(H,17,18,19)/b6-4+. The lowest BCUT2D eigenvalue weighted by Gasteiger charge is -2.05. The molecular formula is C16H16N2O2. The molecule has 0 unspecified atom stereocenters. The molecule has 1 aromatic carbocycles. The van der Waals surface area contributed by atoms with Gasteiger partial charge in [0.25, 0.3) is 0 Å². The number of rotatable bonds is 4. The quantitative estimate of drug-likeness (QED) is 0.867. The van der Waals surface area contributed by atoms with Crippen molar-refractivity contribution in [3.05, 3.63) is 59.9 Å².